The van der Waals surface area contributed by atoms with Crippen molar-refractivity contribution in [2.45, 2.75) is 50.4 Å². The zero-order chi connectivity index (χ0) is 24.0. The number of rotatable bonds is 4. The van der Waals surface area contributed by atoms with Gasteiger partial charge in [-0.15, -0.1) is 0 Å². The summed E-state index contributed by atoms with van der Waals surface area (Å²) in [5, 5.41) is 0.257. The van der Waals surface area contributed by atoms with Crippen LogP contribution >= 0.6 is 0 Å². The molecular formula is C22H30N4O6S. The van der Waals surface area contributed by atoms with Crippen LogP contribution in [0.3, 0.4) is 0 Å². The van der Waals surface area contributed by atoms with Crippen LogP contribution in [-0.4, -0.2) is 83.8 Å². The first-order valence-corrected chi connectivity index (χ1v) is 12.5. The Morgan fingerprint density at radius 1 is 1.18 bits per heavy atom. The summed E-state index contributed by atoms with van der Waals surface area (Å²) in [6.07, 6.45) is 4.21. The van der Waals surface area contributed by atoms with Crippen molar-refractivity contribution >= 4 is 33.1 Å². The van der Waals surface area contributed by atoms with E-state index in [4.69, 9.17) is 9.47 Å². The van der Waals surface area contributed by atoms with Gasteiger partial charge in [0.25, 0.3) is 0 Å². The first-order chi connectivity index (χ1) is 15.5. The fraction of sp³-hybridized carbons (Fsp3) is 0.591. The summed E-state index contributed by atoms with van der Waals surface area (Å²) in [6.45, 7) is 6.47. The molecule has 1 N–H and O–H groups in total. The molecule has 0 aromatic carbocycles. The van der Waals surface area contributed by atoms with Crippen LogP contribution in [0.5, 0.6) is 0 Å². The number of fused-ring (bicyclic) bond motifs is 1. The van der Waals surface area contributed by atoms with Crippen LogP contribution in [-0.2, 0) is 19.5 Å². The SMILES string of the molecule is COC(=O)c1cnc2[nH]cc(C3CCN(S(=O)(=O)C4CN(C(=O)OC(C)(C)C)C4)CC3)c2c1. The molecule has 4 heterocycles. The zero-order valence-corrected chi connectivity index (χ0v) is 20.1. The Labute approximate surface area is 193 Å². The van der Waals surface area contributed by atoms with E-state index in [0.717, 1.165) is 10.9 Å². The van der Waals surface area contributed by atoms with E-state index in [9.17, 15) is 18.0 Å². The predicted octanol–water partition coefficient (Wildman–Crippen LogP) is 2.48. The van der Waals surface area contributed by atoms with Crippen LogP contribution in [0.25, 0.3) is 11.0 Å². The highest BCUT2D eigenvalue weighted by Gasteiger charge is 2.44. The average Bonchev–Trinajstić information content (AvgIpc) is 3.13. The number of ether oxygens (including phenoxy) is 2. The van der Waals surface area contributed by atoms with E-state index in [-0.39, 0.29) is 19.0 Å². The molecule has 11 heteroatoms. The molecule has 0 saturated carbocycles. The molecule has 33 heavy (non-hydrogen) atoms. The predicted molar refractivity (Wildman–Crippen MR) is 121 cm³/mol. The van der Waals surface area contributed by atoms with Crippen LogP contribution in [0.4, 0.5) is 4.79 Å². The van der Waals surface area contributed by atoms with Gasteiger partial charge < -0.3 is 19.4 Å². The lowest BCUT2D eigenvalue weighted by molar-refractivity contribution is 0.0135. The maximum atomic E-state index is 13.1. The van der Waals surface area contributed by atoms with E-state index in [1.807, 2.05) is 6.20 Å². The van der Waals surface area contributed by atoms with Crippen LogP contribution in [0, 0.1) is 0 Å². The Morgan fingerprint density at radius 2 is 1.85 bits per heavy atom. The van der Waals surface area contributed by atoms with Crippen molar-refractivity contribution in [1.82, 2.24) is 19.2 Å². The molecule has 2 saturated heterocycles. The number of piperidine rings is 1. The van der Waals surface area contributed by atoms with Gasteiger partial charge in [0.15, 0.2) is 0 Å². The van der Waals surface area contributed by atoms with Gasteiger partial charge in [-0.05, 0) is 51.2 Å². The van der Waals surface area contributed by atoms with E-state index < -0.39 is 32.9 Å². The molecule has 1 amide bonds. The number of amides is 1. The lowest BCUT2D eigenvalue weighted by Gasteiger charge is -2.42. The van der Waals surface area contributed by atoms with Crippen molar-refractivity contribution in [2.24, 2.45) is 0 Å². The second-order valence-electron chi connectivity index (χ2n) is 9.58. The van der Waals surface area contributed by atoms with Gasteiger partial charge in [0, 0.05) is 44.0 Å². The van der Waals surface area contributed by atoms with E-state index in [0.29, 0.717) is 37.1 Å². The van der Waals surface area contributed by atoms with Gasteiger partial charge in [-0.3, -0.25) is 0 Å². The maximum absolute atomic E-state index is 13.1. The zero-order valence-electron chi connectivity index (χ0n) is 19.3. The van der Waals surface area contributed by atoms with Gasteiger partial charge in [0.1, 0.15) is 16.5 Å². The van der Waals surface area contributed by atoms with E-state index in [2.05, 4.69) is 9.97 Å². The number of hydrogen-bond acceptors (Lipinski definition) is 7. The van der Waals surface area contributed by atoms with Crippen molar-refractivity contribution in [2.75, 3.05) is 33.3 Å². The largest absolute Gasteiger partial charge is 0.465 e. The van der Waals surface area contributed by atoms with Gasteiger partial charge in [-0.2, -0.15) is 0 Å². The number of esters is 1. The number of pyridine rings is 1. The number of aromatic amines is 1. The lowest BCUT2D eigenvalue weighted by Crippen LogP contribution is -2.61. The van der Waals surface area contributed by atoms with Crippen molar-refractivity contribution in [3.05, 3.63) is 29.6 Å². The van der Waals surface area contributed by atoms with Crippen LogP contribution < -0.4 is 0 Å². The summed E-state index contributed by atoms with van der Waals surface area (Å²) in [5.74, 6) is -0.294. The fourth-order valence-electron chi connectivity index (χ4n) is 4.33. The Morgan fingerprint density at radius 3 is 2.45 bits per heavy atom. The molecule has 2 aromatic rings. The van der Waals surface area contributed by atoms with E-state index in [1.165, 1.54) is 22.5 Å². The highest BCUT2D eigenvalue weighted by Crippen LogP contribution is 2.35. The Hall–Kier alpha value is -2.66. The molecule has 180 valence electrons. The number of carbonyl (C=O) groups excluding carboxylic acids is 2. The van der Waals surface area contributed by atoms with Gasteiger partial charge in [-0.1, -0.05) is 0 Å². The molecule has 2 aromatic heterocycles. The quantitative estimate of drug-likeness (QED) is 0.670. The Balaban J connectivity index is 1.38. The second-order valence-corrected chi connectivity index (χ2v) is 11.8. The number of hydrogen-bond donors (Lipinski definition) is 1. The molecule has 0 spiro atoms. The van der Waals surface area contributed by atoms with Crippen LogP contribution in [0.1, 0.15) is 55.5 Å². The minimum atomic E-state index is -3.49. The van der Waals surface area contributed by atoms with Crippen LogP contribution in [0.15, 0.2) is 18.5 Å². The summed E-state index contributed by atoms with van der Waals surface area (Å²) in [4.78, 5) is 32.9. The van der Waals surface area contributed by atoms with Crippen molar-refractivity contribution in [1.29, 1.82) is 0 Å². The molecule has 0 bridgehead atoms. The third kappa shape index (κ3) is 4.70. The Bertz CT molecular complexity index is 1160. The molecule has 0 unspecified atom stereocenters. The molecule has 0 aliphatic carbocycles. The number of carbonyl (C=O) groups is 2. The third-order valence-corrected chi connectivity index (χ3v) is 8.38. The fourth-order valence-corrected chi connectivity index (χ4v) is 6.20. The first-order valence-electron chi connectivity index (χ1n) is 11.0. The van der Waals surface area contributed by atoms with Gasteiger partial charge >= 0.3 is 12.1 Å². The van der Waals surface area contributed by atoms with Gasteiger partial charge in [-0.25, -0.2) is 27.3 Å². The highest BCUT2D eigenvalue weighted by atomic mass is 32.2. The topological polar surface area (TPSA) is 122 Å². The van der Waals surface area contributed by atoms with Crippen LogP contribution in [0.2, 0.25) is 0 Å². The normalized spacial score (nSPS) is 18.8. The molecule has 2 fully saturated rings. The summed E-state index contributed by atoms with van der Waals surface area (Å²) in [5.41, 5.74) is 1.48. The second kappa shape index (κ2) is 8.60. The summed E-state index contributed by atoms with van der Waals surface area (Å²) < 4.78 is 37.8. The van der Waals surface area contributed by atoms with Gasteiger partial charge in [0.2, 0.25) is 10.0 Å². The molecule has 0 atom stereocenters. The van der Waals surface area contributed by atoms with Crippen molar-refractivity contribution in [3.8, 4) is 0 Å². The van der Waals surface area contributed by atoms with Gasteiger partial charge in [0.05, 0.1) is 12.7 Å². The molecular weight excluding hydrogens is 448 g/mol. The maximum Gasteiger partial charge on any atom is 0.410 e. The average molecular weight is 479 g/mol. The Kier molecular flexibility index (Phi) is 6.12. The van der Waals surface area contributed by atoms with E-state index >= 15 is 0 Å². The number of likely N-dealkylation sites (tertiary alicyclic amines) is 1. The lowest BCUT2D eigenvalue weighted by atomic mass is 9.90. The number of methoxy groups -OCH3 is 1. The number of H-pyrrole nitrogens is 1. The monoisotopic (exact) mass is 478 g/mol. The third-order valence-electron chi connectivity index (χ3n) is 6.16. The molecule has 0 radical (unpaired) electrons. The summed E-state index contributed by atoms with van der Waals surface area (Å²) in [6, 6.07) is 1.77. The number of nitrogens with zero attached hydrogens (tertiary/aromatic N) is 3. The summed E-state index contributed by atoms with van der Waals surface area (Å²) in [7, 11) is -2.16. The minimum absolute atomic E-state index is 0.152. The number of nitrogens with one attached hydrogen (secondary N) is 1. The molecule has 2 aliphatic heterocycles. The molecule has 2 aliphatic rings. The first kappa shape index (κ1) is 23.5. The number of aromatic nitrogens is 2. The van der Waals surface area contributed by atoms with E-state index in [1.54, 1.807) is 26.8 Å². The highest BCUT2D eigenvalue weighted by molar-refractivity contribution is 7.89. The van der Waals surface area contributed by atoms with Crippen molar-refractivity contribution in [3.63, 3.8) is 0 Å². The van der Waals surface area contributed by atoms with Crippen molar-refractivity contribution < 1.29 is 27.5 Å². The smallest absolute Gasteiger partial charge is 0.410 e. The summed E-state index contributed by atoms with van der Waals surface area (Å²) >= 11 is 0. The molecule has 10 nitrogen and oxygen atoms in total. The number of sulfonamides is 1. The molecule has 4 rings (SSSR count). The minimum Gasteiger partial charge on any atom is -0.465 e. The standard InChI is InChI=1S/C22H30N4O6S/c1-22(2,3)32-21(28)25-12-16(13-25)33(29,30)26-7-5-14(6-8-26)18-11-24-19-17(18)9-15(10-23-19)20(27)31-4/h9-11,14,16H,5-8,12-13H2,1-4H3,(H,23,24).